The average molecular weight is 244 g/mol. The van der Waals surface area contributed by atoms with Crippen LogP contribution in [0.15, 0.2) is 0 Å². The molecular formula is C13H28N2S. The van der Waals surface area contributed by atoms with Crippen LogP contribution in [-0.4, -0.2) is 48.6 Å². The van der Waals surface area contributed by atoms with Crippen molar-refractivity contribution >= 4 is 11.8 Å². The summed E-state index contributed by atoms with van der Waals surface area (Å²) in [5.41, 5.74) is 0. The number of likely N-dealkylation sites (tertiary alicyclic amines) is 1. The van der Waals surface area contributed by atoms with Crippen LogP contribution in [0, 0.1) is 5.92 Å². The van der Waals surface area contributed by atoms with Crippen LogP contribution in [0.2, 0.25) is 0 Å². The molecule has 0 saturated carbocycles. The van der Waals surface area contributed by atoms with Gasteiger partial charge < -0.3 is 10.2 Å². The Labute approximate surface area is 106 Å². The van der Waals surface area contributed by atoms with E-state index < -0.39 is 0 Å². The van der Waals surface area contributed by atoms with Gasteiger partial charge in [-0.05, 0) is 44.1 Å². The third-order valence-electron chi connectivity index (χ3n) is 3.17. The van der Waals surface area contributed by atoms with Gasteiger partial charge >= 0.3 is 0 Å². The minimum absolute atomic E-state index is 0.780. The third kappa shape index (κ3) is 6.12. The molecule has 0 radical (unpaired) electrons. The van der Waals surface area contributed by atoms with Crippen LogP contribution in [0.5, 0.6) is 0 Å². The van der Waals surface area contributed by atoms with Gasteiger partial charge in [-0.2, -0.15) is 11.8 Å². The Morgan fingerprint density at radius 3 is 2.56 bits per heavy atom. The standard InChI is InChI=1S/C13H28N2S/c1-4-15-8-5-13(6-9-15)14-7-10-16-11-12(2)3/h12-14H,4-11H2,1-3H3. The predicted molar refractivity (Wildman–Crippen MR) is 75.3 cm³/mol. The molecule has 1 aliphatic rings. The van der Waals surface area contributed by atoms with E-state index in [1.807, 2.05) is 0 Å². The second-order valence-corrected chi connectivity index (χ2v) is 6.28. The second-order valence-electron chi connectivity index (χ2n) is 5.13. The maximum Gasteiger partial charge on any atom is 0.00917 e. The monoisotopic (exact) mass is 244 g/mol. The van der Waals surface area contributed by atoms with Crippen LogP contribution in [0.3, 0.4) is 0 Å². The van der Waals surface area contributed by atoms with Crippen molar-refractivity contribution in [1.82, 2.24) is 10.2 Å². The summed E-state index contributed by atoms with van der Waals surface area (Å²) < 4.78 is 0. The zero-order valence-corrected chi connectivity index (χ0v) is 12.0. The summed E-state index contributed by atoms with van der Waals surface area (Å²) in [5, 5.41) is 3.69. The fourth-order valence-corrected chi connectivity index (χ4v) is 3.01. The molecule has 96 valence electrons. The van der Waals surface area contributed by atoms with Crippen molar-refractivity contribution in [3.63, 3.8) is 0 Å². The zero-order valence-electron chi connectivity index (χ0n) is 11.2. The lowest BCUT2D eigenvalue weighted by Gasteiger charge is -2.31. The first-order valence-corrected chi connectivity index (χ1v) is 7.91. The maximum atomic E-state index is 3.69. The fourth-order valence-electron chi connectivity index (χ4n) is 2.11. The van der Waals surface area contributed by atoms with Gasteiger partial charge in [-0.25, -0.2) is 0 Å². The van der Waals surface area contributed by atoms with E-state index in [-0.39, 0.29) is 0 Å². The minimum atomic E-state index is 0.780. The van der Waals surface area contributed by atoms with Crippen LogP contribution in [0.25, 0.3) is 0 Å². The summed E-state index contributed by atoms with van der Waals surface area (Å²) >= 11 is 2.08. The molecule has 0 aromatic carbocycles. The Morgan fingerprint density at radius 1 is 1.31 bits per heavy atom. The van der Waals surface area contributed by atoms with Crippen LogP contribution in [-0.2, 0) is 0 Å². The van der Waals surface area contributed by atoms with Crippen LogP contribution < -0.4 is 5.32 Å². The highest BCUT2D eigenvalue weighted by atomic mass is 32.2. The number of hydrogen-bond donors (Lipinski definition) is 1. The lowest BCUT2D eigenvalue weighted by molar-refractivity contribution is 0.208. The first-order chi connectivity index (χ1) is 7.72. The predicted octanol–water partition coefficient (Wildman–Crippen LogP) is 2.45. The van der Waals surface area contributed by atoms with E-state index in [9.17, 15) is 0 Å². The molecule has 0 atom stereocenters. The van der Waals surface area contributed by atoms with E-state index in [1.54, 1.807) is 0 Å². The lowest BCUT2D eigenvalue weighted by Crippen LogP contribution is -2.42. The van der Waals surface area contributed by atoms with Crippen molar-refractivity contribution in [2.24, 2.45) is 5.92 Å². The van der Waals surface area contributed by atoms with Gasteiger partial charge in [0.2, 0.25) is 0 Å². The molecule has 1 N–H and O–H groups in total. The van der Waals surface area contributed by atoms with Gasteiger partial charge in [0.1, 0.15) is 0 Å². The van der Waals surface area contributed by atoms with Crippen LogP contribution in [0.1, 0.15) is 33.6 Å². The Morgan fingerprint density at radius 2 is 2.00 bits per heavy atom. The van der Waals surface area contributed by atoms with Crippen LogP contribution in [0.4, 0.5) is 0 Å². The first kappa shape index (κ1) is 14.3. The molecule has 0 bridgehead atoms. The third-order valence-corrected chi connectivity index (χ3v) is 4.56. The lowest BCUT2D eigenvalue weighted by atomic mass is 10.1. The molecule has 1 fully saturated rings. The van der Waals surface area contributed by atoms with Crippen molar-refractivity contribution in [3.05, 3.63) is 0 Å². The molecule has 0 aromatic heterocycles. The van der Waals surface area contributed by atoms with Gasteiger partial charge in [-0.1, -0.05) is 20.8 Å². The summed E-state index contributed by atoms with van der Waals surface area (Å²) in [6.07, 6.45) is 2.67. The van der Waals surface area contributed by atoms with Crippen LogP contribution >= 0.6 is 11.8 Å². The van der Waals surface area contributed by atoms with E-state index in [4.69, 9.17) is 0 Å². The van der Waals surface area contributed by atoms with Gasteiger partial charge in [0.05, 0.1) is 0 Å². The minimum Gasteiger partial charge on any atom is -0.313 e. The topological polar surface area (TPSA) is 15.3 Å². The zero-order chi connectivity index (χ0) is 11.8. The summed E-state index contributed by atoms with van der Waals surface area (Å²) in [5.74, 6) is 3.40. The van der Waals surface area contributed by atoms with E-state index in [0.717, 1.165) is 12.0 Å². The average Bonchev–Trinajstić information content (AvgIpc) is 2.29. The Bertz CT molecular complexity index is 165. The molecule has 3 heteroatoms. The summed E-state index contributed by atoms with van der Waals surface area (Å²) in [7, 11) is 0. The Kier molecular flexibility index (Phi) is 7.50. The highest BCUT2D eigenvalue weighted by Gasteiger charge is 2.16. The summed E-state index contributed by atoms with van der Waals surface area (Å²) in [6, 6.07) is 0.780. The van der Waals surface area contributed by atoms with Crippen molar-refractivity contribution in [2.75, 3.05) is 37.7 Å². The second kappa shape index (κ2) is 8.37. The molecule has 0 aliphatic carbocycles. The van der Waals surface area contributed by atoms with Gasteiger partial charge in [0.25, 0.3) is 0 Å². The largest absolute Gasteiger partial charge is 0.313 e. The van der Waals surface area contributed by atoms with Gasteiger partial charge in [-0.3, -0.25) is 0 Å². The molecule has 1 heterocycles. The van der Waals surface area contributed by atoms with E-state index >= 15 is 0 Å². The SMILES string of the molecule is CCN1CCC(NCCSCC(C)C)CC1. The molecular weight excluding hydrogens is 216 g/mol. The van der Waals surface area contributed by atoms with Gasteiger partial charge in [0, 0.05) is 18.3 Å². The molecule has 16 heavy (non-hydrogen) atoms. The van der Waals surface area contributed by atoms with E-state index in [2.05, 4.69) is 42.7 Å². The molecule has 0 spiro atoms. The number of nitrogens with zero attached hydrogens (tertiary/aromatic N) is 1. The molecule has 1 saturated heterocycles. The van der Waals surface area contributed by atoms with Gasteiger partial charge in [-0.15, -0.1) is 0 Å². The Hall–Kier alpha value is 0.270. The Balaban J connectivity index is 1.94. The van der Waals surface area contributed by atoms with Crippen molar-refractivity contribution < 1.29 is 0 Å². The molecule has 1 rings (SSSR count). The molecule has 2 nitrogen and oxygen atoms in total. The van der Waals surface area contributed by atoms with Crippen molar-refractivity contribution in [2.45, 2.75) is 39.7 Å². The van der Waals surface area contributed by atoms with Crippen molar-refractivity contribution in [3.8, 4) is 0 Å². The first-order valence-electron chi connectivity index (χ1n) is 6.75. The number of piperidine rings is 1. The maximum absolute atomic E-state index is 3.69. The highest BCUT2D eigenvalue weighted by Crippen LogP contribution is 2.10. The quantitative estimate of drug-likeness (QED) is 0.693. The molecule has 0 unspecified atom stereocenters. The fraction of sp³-hybridized carbons (Fsp3) is 1.00. The number of nitrogens with one attached hydrogen (secondary N) is 1. The normalized spacial score (nSPS) is 19.5. The molecule has 0 amide bonds. The smallest absolute Gasteiger partial charge is 0.00917 e. The van der Waals surface area contributed by atoms with E-state index in [0.29, 0.717) is 0 Å². The summed E-state index contributed by atoms with van der Waals surface area (Å²) in [6.45, 7) is 11.8. The van der Waals surface area contributed by atoms with E-state index in [1.165, 1.54) is 50.5 Å². The highest BCUT2D eigenvalue weighted by molar-refractivity contribution is 7.99. The number of rotatable bonds is 7. The number of thioether (sulfide) groups is 1. The molecule has 1 aliphatic heterocycles. The van der Waals surface area contributed by atoms with Gasteiger partial charge in [0.15, 0.2) is 0 Å². The number of hydrogen-bond acceptors (Lipinski definition) is 3. The molecule has 0 aromatic rings. The van der Waals surface area contributed by atoms with Crippen molar-refractivity contribution in [1.29, 1.82) is 0 Å². The summed E-state index contributed by atoms with van der Waals surface area (Å²) in [4.78, 5) is 2.55.